The van der Waals surface area contributed by atoms with Crippen molar-refractivity contribution in [3.8, 4) is 11.1 Å². The highest BCUT2D eigenvalue weighted by molar-refractivity contribution is 6.60. The van der Waals surface area contributed by atoms with Crippen LogP contribution in [0.25, 0.3) is 21.9 Å². The van der Waals surface area contributed by atoms with Crippen LogP contribution in [-0.4, -0.2) is 17.2 Å². The number of hydrogen-bond acceptors (Lipinski definition) is 2. The summed E-state index contributed by atoms with van der Waals surface area (Å²) in [4.78, 5) is 0. The summed E-state index contributed by atoms with van der Waals surface area (Å²) in [7, 11) is -1.43. The molecule has 8 rings (SSSR count). The third-order valence-electron chi connectivity index (χ3n) is 8.86. The summed E-state index contributed by atoms with van der Waals surface area (Å²) in [6, 6.07) is 19.5. The van der Waals surface area contributed by atoms with E-state index in [-0.39, 0.29) is 5.41 Å². The maximum Gasteiger partial charge on any atom is 0.489 e. The van der Waals surface area contributed by atoms with E-state index in [1.54, 1.807) is 0 Å². The molecular weight excluding hydrogens is 355 g/mol. The predicted molar refractivity (Wildman–Crippen MR) is 117 cm³/mol. The maximum absolute atomic E-state index is 10.2. The van der Waals surface area contributed by atoms with Gasteiger partial charge in [0.2, 0.25) is 0 Å². The lowest BCUT2D eigenvalue weighted by atomic mass is 9.43. The van der Waals surface area contributed by atoms with Crippen LogP contribution in [0.15, 0.2) is 54.6 Å². The van der Waals surface area contributed by atoms with Crippen LogP contribution in [0.3, 0.4) is 0 Å². The number of hydrogen-bond donors (Lipinski definition) is 2. The second-order valence-electron chi connectivity index (χ2n) is 10.0. The summed E-state index contributed by atoms with van der Waals surface area (Å²) in [5, 5.41) is 23.1. The van der Waals surface area contributed by atoms with E-state index in [1.807, 2.05) is 6.07 Å². The van der Waals surface area contributed by atoms with Crippen molar-refractivity contribution >= 4 is 23.4 Å². The van der Waals surface area contributed by atoms with Gasteiger partial charge < -0.3 is 10.0 Å². The second kappa shape index (κ2) is 5.53. The van der Waals surface area contributed by atoms with E-state index < -0.39 is 7.12 Å². The molecule has 2 N–H and O–H groups in total. The van der Waals surface area contributed by atoms with E-state index >= 15 is 0 Å². The average molecular weight is 380 g/mol. The molecule has 0 aromatic heterocycles. The third-order valence-corrected chi connectivity index (χ3v) is 8.86. The Morgan fingerprint density at radius 2 is 1.48 bits per heavy atom. The van der Waals surface area contributed by atoms with Gasteiger partial charge in [0.1, 0.15) is 0 Å². The summed E-state index contributed by atoms with van der Waals surface area (Å²) < 4.78 is 0. The van der Waals surface area contributed by atoms with Gasteiger partial charge in [0.25, 0.3) is 0 Å². The predicted octanol–water partition coefficient (Wildman–Crippen LogP) is 4.24. The lowest BCUT2D eigenvalue weighted by molar-refractivity contribution is -0.0393. The molecule has 4 fully saturated rings. The van der Waals surface area contributed by atoms with E-state index in [9.17, 15) is 10.0 Å². The zero-order valence-corrected chi connectivity index (χ0v) is 16.5. The van der Waals surface area contributed by atoms with Crippen molar-refractivity contribution in [2.24, 2.45) is 23.7 Å². The first-order valence-corrected chi connectivity index (χ1v) is 11.2. The highest BCUT2D eigenvalue weighted by atomic mass is 16.4. The van der Waals surface area contributed by atoms with Gasteiger partial charge in [-0.3, -0.25) is 0 Å². The molecular formula is C26H25BO2. The molecule has 4 saturated carbocycles. The highest BCUT2D eigenvalue weighted by Crippen LogP contribution is 2.69. The van der Waals surface area contributed by atoms with Crippen LogP contribution in [-0.2, 0) is 5.41 Å². The van der Waals surface area contributed by atoms with E-state index in [0.29, 0.717) is 17.3 Å². The van der Waals surface area contributed by atoms with Gasteiger partial charge in [-0.1, -0.05) is 54.6 Å². The molecule has 3 aromatic carbocycles. The number of rotatable bonds is 1. The fourth-order valence-electron chi connectivity index (χ4n) is 8.27. The van der Waals surface area contributed by atoms with Crippen molar-refractivity contribution in [3.63, 3.8) is 0 Å². The van der Waals surface area contributed by atoms with Crippen LogP contribution in [0.4, 0.5) is 0 Å². The summed E-state index contributed by atoms with van der Waals surface area (Å²) in [5.74, 6) is 3.15. The molecule has 1 spiro atoms. The lowest BCUT2D eigenvalue weighted by Crippen LogP contribution is -2.55. The van der Waals surface area contributed by atoms with Crippen LogP contribution in [0.5, 0.6) is 0 Å². The Hall–Kier alpha value is -2.10. The number of fused-ring (bicyclic) bond motifs is 5. The lowest BCUT2D eigenvalue weighted by Gasteiger charge is -2.61. The van der Waals surface area contributed by atoms with Gasteiger partial charge in [-0.2, -0.15) is 0 Å². The van der Waals surface area contributed by atoms with E-state index in [2.05, 4.69) is 48.5 Å². The maximum atomic E-state index is 10.2. The molecule has 4 bridgehead atoms. The molecule has 0 saturated heterocycles. The minimum absolute atomic E-state index is 0.0455. The third kappa shape index (κ3) is 1.92. The first-order chi connectivity index (χ1) is 14.2. The van der Waals surface area contributed by atoms with Crippen LogP contribution in [0.1, 0.15) is 43.2 Å². The first kappa shape index (κ1) is 16.7. The Morgan fingerprint density at radius 1 is 0.759 bits per heavy atom. The fourth-order valence-corrected chi connectivity index (χ4v) is 8.27. The van der Waals surface area contributed by atoms with Crippen molar-refractivity contribution in [2.75, 3.05) is 0 Å². The van der Waals surface area contributed by atoms with Crippen LogP contribution in [0, 0.1) is 23.7 Å². The molecule has 3 aromatic rings. The Balaban J connectivity index is 1.64. The quantitative estimate of drug-likeness (QED) is 0.620. The van der Waals surface area contributed by atoms with E-state index in [4.69, 9.17) is 0 Å². The Labute approximate surface area is 171 Å². The minimum atomic E-state index is -1.43. The van der Waals surface area contributed by atoms with E-state index in [1.165, 1.54) is 59.6 Å². The molecule has 0 aliphatic heterocycles. The smallest absolute Gasteiger partial charge is 0.423 e. The molecule has 29 heavy (non-hydrogen) atoms. The van der Waals surface area contributed by atoms with Crippen LogP contribution < -0.4 is 5.46 Å². The summed E-state index contributed by atoms with van der Waals surface area (Å²) in [6.07, 6.45) is 6.78. The second-order valence-corrected chi connectivity index (χ2v) is 10.0. The standard InChI is InChI=1S/C26H25BO2/c28-27(29)23-7-3-6-22-24(23)21-9-8-17-4-1-2-5-20(17)25(21)26(22)18-11-15-10-16(13-18)14-19(26)12-15/h1-9,15-16,18-19,28-29H,10-14H2. The molecule has 0 unspecified atom stereocenters. The summed E-state index contributed by atoms with van der Waals surface area (Å²) in [5.41, 5.74) is 5.94. The zero-order chi connectivity index (χ0) is 19.3. The molecule has 0 amide bonds. The normalized spacial score (nSPS) is 33.3. The first-order valence-electron chi connectivity index (χ1n) is 11.2. The SMILES string of the molecule is OB(O)c1cccc2c1-c1ccc3ccccc3c1C21C2CC3CC(C2)CC1C3. The van der Waals surface area contributed by atoms with Crippen molar-refractivity contribution in [1.82, 2.24) is 0 Å². The van der Waals surface area contributed by atoms with Crippen molar-refractivity contribution in [1.29, 1.82) is 0 Å². The monoisotopic (exact) mass is 380 g/mol. The van der Waals surface area contributed by atoms with Crippen LogP contribution >= 0.6 is 0 Å². The average Bonchev–Trinajstić information content (AvgIpc) is 3.03. The molecule has 0 heterocycles. The Kier molecular flexibility index (Phi) is 3.18. The molecule has 3 heteroatoms. The van der Waals surface area contributed by atoms with Gasteiger partial charge >= 0.3 is 7.12 Å². The zero-order valence-electron chi connectivity index (χ0n) is 16.5. The van der Waals surface area contributed by atoms with Gasteiger partial charge in [-0.25, -0.2) is 0 Å². The molecule has 5 aliphatic rings. The summed E-state index contributed by atoms with van der Waals surface area (Å²) >= 11 is 0. The van der Waals surface area contributed by atoms with Crippen LogP contribution in [0.2, 0.25) is 0 Å². The largest absolute Gasteiger partial charge is 0.489 e. The highest BCUT2D eigenvalue weighted by Gasteiger charge is 2.62. The van der Waals surface area contributed by atoms with Gasteiger partial charge in [0.05, 0.1) is 0 Å². The summed E-state index contributed by atoms with van der Waals surface area (Å²) in [6.45, 7) is 0. The minimum Gasteiger partial charge on any atom is -0.423 e. The number of benzene rings is 3. The van der Waals surface area contributed by atoms with Gasteiger partial charge in [0.15, 0.2) is 0 Å². The fraction of sp³-hybridized carbons (Fsp3) is 0.385. The van der Waals surface area contributed by atoms with Gasteiger partial charge in [-0.05, 0) is 94.3 Å². The molecule has 144 valence electrons. The van der Waals surface area contributed by atoms with Gasteiger partial charge in [-0.15, -0.1) is 0 Å². The van der Waals surface area contributed by atoms with Crippen molar-refractivity contribution in [2.45, 2.75) is 37.5 Å². The van der Waals surface area contributed by atoms with E-state index in [0.717, 1.165) is 17.4 Å². The topological polar surface area (TPSA) is 40.5 Å². The molecule has 0 radical (unpaired) electrons. The van der Waals surface area contributed by atoms with Crippen molar-refractivity contribution < 1.29 is 10.0 Å². The van der Waals surface area contributed by atoms with Crippen molar-refractivity contribution in [3.05, 3.63) is 65.7 Å². The van der Waals surface area contributed by atoms with Gasteiger partial charge in [0, 0.05) is 5.41 Å². The molecule has 5 aliphatic carbocycles. The molecule has 2 nitrogen and oxygen atoms in total. The Morgan fingerprint density at radius 3 is 2.21 bits per heavy atom. The Bertz CT molecular complexity index is 1140. The molecule has 0 atom stereocenters.